The average molecular weight is 631 g/mol. The van der Waals surface area contributed by atoms with Crippen molar-refractivity contribution in [1.82, 2.24) is 19.5 Å². The maximum atomic E-state index is 9.04. The highest BCUT2D eigenvalue weighted by atomic mass is 15.0. The minimum absolute atomic E-state index is 0.0627. The van der Waals surface area contributed by atoms with Crippen molar-refractivity contribution in [3.05, 3.63) is 182 Å². The number of aromatic nitrogens is 4. The van der Waals surface area contributed by atoms with Crippen LogP contribution in [0.4, 0.5) is 0 Å². The highest BCUT2D eigenvalue weighted by molar-refractivity contribution is 6.10. The Morgan fingerprint density at radius 2 is 0.837 bits per heavy atom. The molecule has 0 unspecified atom stereocenters. The van der Waals surface area contributed by atoms with Crippen LogP contribution in [-0.2, 0) is 0 Å². The predicted molar refractivity (Wildman–Crippen MR) is 201 cm³/mol. The van der Waals surface area contributed by atoms with Crippen molar-refractivity contribution in [2.45, 2.75) is 0 Å². The largest absolute Gasteiger partial charge is 0.309 e. The number of hydrogen-bond donors (Lipinski definition) is 0. The SMILES string of the molecule is [2H]c1c([2H])c([2H])c2c(c1[2H])c1ccc(-c3cccc(-c4ccccc4)c3)cc1n2-c1ccc(-c2nc(-c3ccccc3)nc(-c3ccccc3)n2)cc1. The molecule has 0 atom stereocenters. The van der Waals surface area contributed by atoms with Crippen molar-refractivity contribution < 1.29 is 5.48 Å². The van der Waals surface area contributed by atoms with Gasteiger partial charge in [0.25, 0.3) is 0 Å². The molecule has 49 heavy (non-hydrogen) atoms. The van der Waals surface area contributed by atoms with E-state index in [-0.39, 0.29) is 24.2 Å². The third-order valence-corrected chi connectivity index (χ3v) is 8.79. The number of fused-ring (bicyclic) bond motifs is 3. The molecule has 7 aromatic carbocycles. The summed E-state index contributed by atoms with van der Waals surface area (Å²) in [6.07, 6.45) is 0. The third-order valence-electron chi connectivity index (χ3n) is 8.79. The first-order valence-electron chi connectivity index (χ1n) is 18.1. The first-order valence-corrected chi connectivity index (χ1v) is 16.1. The molecule has 0 aliphatic carbocycles. The van der Waals surface area contributed by atoms with Crippen molar-refractivity contribution >= 4 is 21.8 Å². The molecular formula is C45H30N4. The minimum Gasteiger partial charge on any atom is -0.309 e. The molecule has 0 saturated heterocycles. The fraction of sp³-hybridized carbons (Fsp3) is 0. The fourth-order valence-corrected chi connectivity index (χ4v) is 6.37. The molecule has 230 valence electrons. The summed E-state index contributed by atoms with van der Waals surface area (Å²) in [5.74, 6) is 1.66. The second-order valence-electron chi connectivity index (χ2n) is 11.8. The number of hydrogen-bond acceptors (Lipinski definition) is 3. The maximum absolute atomic E-state index is 9.04. The minimum atomic E-state index is -0.272. The summed E-state index contributed by atoms with van der Waals surface area (Å²) in [4.78, 5) is 14.6. The summed E-state index contributed by atoms with van der Waals surface area (Å²) in [5.41, 5.74) is 8.72. The molecular weight excluding hydrogens is 597 g/mol. The topological polar surface area (TPSA) is 43.6 Å². The molecule has 9 rings (SSSR count). The van der Waals surface area contributed by atoms with Crippen molar-refractivity contribution in [3.8, 4) is 62.1 Å². The Bertz CT molecular complexity index is 2750. The summed E-state index contributed by atoms with van der Waals surface area (Å²) < 4.78 is 37.0. The summed E-state index contributed by atoms with van der Waals surface area (Å²) in [7, 11) is 0. The molecule has 0 spiro atoms. The Morgan fingerprint density at radius 1 is 0.367 bits per heavy atom. The zero-order chi connectivity index (χ0) is 36.1. The lowest BCUT2D eigenvalue weighted by atomic mass is 9.98. The van der Waals surface area contributed by atoms with E-state index in [1.165, 1.54) is 0 Å². The van der Waals surface area contributed by atoms with Gasteiger partial charge in [-0.1, -0.05) is 139 Å². The highest BCUT2D eigenvalue weighted by Crippen LogP contribution is 2.36. The van der Waals surface area contributed by atoms with Crippen LogP contribution in [0.3, 0.4) is 0 Å². The third kappa shape index (κ3) is 5.35. The maximum Gasteiger partial charge on any atom is 0.164 e. The molecule has 0 aliphatic rings. The van der Waals surface area contributed by atoms with Crippen LogP contribution in [0.1, 0.15) is 5.48 Å². The van der Waals surface area contributed by atoms with Gasteiger partial charge in [-0.25, -0.2) is 15.0 Å². The van der Waals surface area contributed by atoms with Gasteiger partial charge in [0, 0.05) is 33.2 Å². The van der Waals surface area contributed by atoms with Gasteiger partial charge < -0.3 is 4.57 Å². The zero-order valence-corrected chi connectivity index (χ0v) is 26.3. The van der Waals surface area contributed by atoms with E-state index < -0.39 is 0 Å². The van der Waals surface area contributed by atoms with Crippen molar-refractivity contribution in [3.63, 3.8) is 0 Å². The molecule has 0 aliphatic heterocycles. The van der Waals surface area contributed by atoms with E-state index in [1.807, 2.05) is 126 Å². The average Bonchev–Trinajstić information content (AvgIpc) is 3.58. The van der Waals surface area contributed by atoms with Crippen molar-refractivity contribution in [1.29, 1.82) is 0 Å². The second-order valence-corrected chi connectivity index (χ2v) is 11.8. The van der Waals surface area contributed by atoms with Crippen LogP contribution in [0.5, 0.6) is 0 Å². The van der Waals surface area contributed by atoms with Crippen LogP contribution >= 0.6 is 0 Å². The van der Waals surface area contributed by atoms with E-state index in [9.17, 15) is 0 Å². The molecule has 0 N–H and O–H groups in total. The van der Waals surface area contributed by atoms with Crippen LogP contribution in [0.15, 0.2) is 182 Å². The molecule has 9 aromatic rings. The monoisotopic (exact) mass is 630 g/mol. The van der Waals surface area contributed by atoms with Crippen molar-refractivity contribution in [2.75, 3.05) is 0 Å². The molecule has 0 radical (unpaired) electrons. The summed E-state index contributed by atoms with van der Waals surface area (Å²) in [6, 6.07) is 51.5. The molecule has 4 nitrogen and oxygen atoms in total. The number of rotatable bonds is 6. The fourth-order valence-electron chi connectivity index (χ4n) is 6.37. The zero-order valence-electron chi connectivity index (χ0n) is 30.3. The van der Waals surface area contributed by atoms with E-state index in [1.54, 1.807) is 0 Å². The van der Waals surface area contributed by atoms with Gasteiger partial charge in [-0.3, -0.25) is 0 Å². The van der Waals surface area contributed by atoms with Crippen LogP contribution in [0.2, 0.25) is 0 Å². The van der Waals surface area contributed by atoms with E-state index in [2.05, 4.69) is 36.4 Å². The number of nitrogens with zero attached hydrogens (tertiary/aromatic N) is 4. The number of para-hydroxylation sites is 1. The summed E-state index contributed by atoms with van der Waals surface area (Å²) >= 11 is 0. The highest BCUT2D eigenvalue weighted by Gasteiger charge is 2.16. The quantitative estimate of drug-likeness (QED) is 0.184. The van der Waals surface area contributed by atoms with Gasteiger partial charge in [-0.2, -0.15) is 0 Å². The van der Waals surface area contributed by atoms with E-state index in [0.29, 0.717) is 28.4 Å². The Balaban J connectivity index is 1.21. The van der Waals surface area contributed by atoms with Gasteiger partial charge in [0.1, 0.15) is 0 Å². The lowest BCUT2D eigenvalue weighted by molar-refractivity contribution is 1.07. The molecule has 0 bridgehead atoms. The smallest absolute Gasteiger partial charge is 0.164 e. The van der Waals surface area contributed by atoms with Gasteiger partial charge in [-0.05, 0) is 64.7 Å². The van der Waals surface area contributed by atoms with E-state index >= 15 is 0 Å². The van der Waals surface area contributed by atoms with Crippen LogP contribution < -0.4 is 0 Å². The molecule has 0 saturated carbocycles. The molecule has 0 fully saturated rings. The summed E-state index contributed by atoms with van der Waals surface area (Å²) in [6.45, 7) is 0. The van der Waals surface area contributed by atoms with E-state index in [4.69, 9.17) is 20.4 Å². The Morgan fingerprint density at radius 3 is 1.45 bits per heavy atom. The predicted octanol–water partition coefficient (Wildman–Crippen LogP) is 11.3. The van der Waals surface area contributed by atoms with Gasteiger partial charge in [-0.15, -0.1) is 0 Å². The van der Waals surface area contributed by atoms with Gasteiger partial charge >= 0.3 is 0 Å². The van der Waals surface area contributed by atoms with Gasteiger partial charge in [0.15, 0.2) is 17.5 Å². The second kappa shape index (κ2) is 12.2. The molecule has 4 heteroatoms. The van der Waals surface area contributed by atoms with Crippen LogP contribution in [-0.4, -0.2) is 19.5 Å². The molecule has 0 amide bonds. The normalized spacial score (nSPS) is 12.4. The Hall–Kier alpha value is -6.65. The van der Waals surface area contributed by atoms with Crippen LogP contribution in [0.25, 0.3) is 83.9 Å². The van der Waals surface area contributed by atoms with Crippen molar-refractivity contribution in [2.24, 2.45) is 0 Å². The van der Waals surface area contributed by atoms with Gasteiger partial charge in [0.2, 0.25) is 0 Å². The van der Waals surface area contributed by atoms with Gasteiger partial charge in [0.05, 0.1) is 16.5 Å². The lowest BCUT2D eigenvalue weighted by Crippen LogP contribution is -2.00. The molecule has 2 heterocycles. The standard InChI is InChI=1S/C45H30N4/c1-4-13-31(14-5-1)35-19-12-20-36(29-35)37-25-28-40-39-21-10-11-22-41(39)49(42(40)30-37)38-26-23-34(24-27-38)45-47-43(32-15-6-2-7-16-32)46-44(48-45)33-17-8-3-9-18-33/h1-30H/i10D,11D,21D,22D. The number of benzene rings is 7. The lowest BCUT2D eigenvalue weighted by Gasteiger charge is -2.11. The molecule has 2 aromatic heterocycles. The van der Waals surface area contributed by atoms with E-state index in [0.717, 1.165) is 55.5 Å². The Labute approximate surface area is 290 Å². The summed E-state index contributed by atoms with van der Waals surface area (Å²) in [5, 5.41) is 1.23. The Kier molecular flexibility index (Phi) is 6.09. The first kappa shape index (κ1) is 24.5. The first-order chi connectivity index (χ1) is 25.9. The van der Waals surface area contributed by atoms with Crippen LogP contribution in [0, 0.1) is 0 Å².